The molecular formula is C32H45N3. The van der Waals surface area contributed by atoms with Crippen LogP contribution in [0.3, 0.4) is 0 Å². The molecule has 5 rings (SSSR count). The predicted octanol–water partition coefficient (Wildman–Crippen LogP) is 7.37. The van der Waals surface area contributed by atoms with Crippen molar-refractivity contribution in [2.24, 2.45) is 17.3 Å². The van der Waals surface area contributed by atoms with Gasteiger partial charge in [-0.3, -0.25) is 0 Å². The van der Waals surface area contributed by atoms with E-state index in [0.29, 0.717) is 5.41 Å². The number of nitrogens with one attached hydrogen (secondary N) is 1. The van der Waals surface area contributed by atoms with Gasteiger partial charge in [-0.15, -0.1) is 0 Å². The SMILES string of the molecule is C=C(c1ccc(-c2ccc(NCC3CCN(CC4(C)CCC4)CC3)cc2)cc1)N1CCCC(C)C1. The lowest BCUT2D eigenvalue weighted by molar-refractivity contribution is 0.0651. The minimum absolute atomic E-state index is 0.618. The van der Waals surface area contributed by atoms with Crippen LogP contribution < -0.4 is 5.32 Å². The summed E-state index contributed by atoms with van der Waals surface area (Å²) in [5.41, 5.74) is 6.82. The van der Waals surface area contributed by atoms with Crippen LogP contribution in [0.2, 0.25) is 0 Å². The second-order valence-electron chi connectivity index (χ2n) is 12.1. The molecule has 1 aliphatic carbocycles. The third kappa shape index (κ3) is 6.12. The molecule has 2 aromatic carbocycles. The van der Waals surface area contributed by atoms with Gasteiger partial charge in [0.05, 0.1) is 0 Å². The van der Waals surface area contributed by atoms with Crippen LogP contribution >= 0.6 is 0 Å². The Kier molecular flexibility index (Phi) is 7.53. The average Bonchev–Trinajstić information content (AvgIpc) is 2.87. The van der Waals surface area contributed by atoms with Gasteiger partial charge in [-0.25, -0.2) is 0 Å². The molecule has 1 N–H and O–H groups in total. The maximum Gasteiger partial charge on any atom is 0.0366 e. The van der Waals surface area contributed by atoms with Gasteiger partial charge in [0.2, 0.25) is 0 Å². The van der Waals surface area contributed by atoms with E-state index in [-0.39, 0.29) is 0 Å². The largest absolute Gasteiger partial charge is 0.385 e. The van der Waals surface area contributed by atoms with Gasteiger partial charge in [0.25, 0.3) is 0 Å². The van der Waals surface area contributed by atoms with Crippen LogP contribution in [0.15, 0.2) is 55.1 Å². The van der Waals surface area contributed by atoms with Crippen LogP contribution in [-0.2, 0) is 0 Å². The Morgan fingerprint density at radius 3 is 2.17 bits per heavy atom. The topological polar surface area (TPSA) is 18.5 Å². The van der Waals surface area contributed by atoms with Crippen LogP contribution in [0.4, 0.5) is 5.69 Å². The maximum atomic E-state index is 4.40. The molecule has 2 aliphatic heterocycles. The third-order valence-electron chi connectivity index (χ3n) is 8.94. The Hall–Kier alpha value is -2.26. The molecule has 188 valence electrons. The Bertz CT molecular complexity index is 965. The van der Waals surface area contributed by atoms with E-state index in [1.807, 2.05) is 0 Å². The van der Waals surface area contributed by atoms with E-state index in [2.05, 4.69) is 84.1 Å². The average molecular weight is 472 g/mol. The summed E-state index contributed by atoms with van der Waals surface area (Å²) >= 11 is 0. The lowest BCUT2D eigenvalue weighted by atomic mass is 9.70. The smallest absolute Gasteiger partial charge is 0.0366 e. The lowest BCUT2D eigenvalue weighted by Gasteiger charge is -2.44. The molecule has 0 spiro atoms. The molecule has 2 heterocycles. The Morgan fingerprint density at radius 1 is 0.914 bits per heavy atom. The van der Waals surface area contributed by atoms with Crippen LogP contribution in [0.1, 0.15) is 64.4 Å². The quantitative estimate of drug-likeness (QED) is 0.433. The second kappa shape index (κ2) is 10.8. The molecule has 1 saturated carbocycles. The summed E-state index contributed by atoms with van der Waals surface area (Å²) in [6.07, 6.45) is 9.58. The molecule has 0 bridgehead atoms. The van der Waals surface area contributed by atoms with E-state index < -0.39 is 0 Å². The Morgan fingerprint density at radius 2 is 1.57 bits per heavy atom. The van der Waals surface area contributed by atoms with Crippen molar-refractivity contribution in [1.82, 2.24) is 9.80 Å². The highest BCUT2D eigenvalue weighted by molar-refractivity contribution is 5.70. The predicted molar refractivity (Wildman–Crippen MR) is 150 cm³/mol. The first-order chi connectivity index (χ1) is 17.0. The zero-order valence-corrected chi connectivity index (χ0v) is 22.1. The molecule has 3 aliphatic rings. The maximum absolute atomic E-state index is 4.40. The summed E-state index contributed by atoms with van der Waals surface area (Å²) in [6, 6.07) is 17.9. The zero-order chi connectivity index (χ0) is 24.3. The number of piperidine rings is 2. The van der Waals surface area contributed by atoms with Gasteiger partial charge in [0, 0.05) is 37.6 Å². The molecule has 0 radical (unpaired) electrons. The molecule has 2 saturated heterocycles. The minimum atomic E-state index is 0.618. The van der Waals surface area contributed by atoms with Crippen molar-refractivity contribution in [1.29, 1.82) is 0 Å². The molecule has 35 heavy (non-hydrogen) atoms. The number of nitrogens with zero attached hydrogens (tertiary/aromatic N) is 2. The number of rotatable bonds is 8. The molecule has 3 fully saturated rings. The van der Waals surface area contributed by atoms with Gasteiger partial charge in [0.1, 0.15) is 0 Å². The van der Waals surface area contributed by atoms with Gasteiger partial charge < -0.3 is 15.1 Å². The highest BCUT2D eigenvalue weighted by Gasteiger charge is 2.34. The van der Waals surface area contributed by atoms with Gasteiger partial charge in [-0.05, 0) is 97.7 Å². The van der Waals surface area contributed by atoms with Crippen molar-refractivity contribution >= 4 is 11.4 Å². The monoisotopic (exact) mass is 471 g/mol. The van der Waals surface area contributed by atoms with Crippen molar-refractivity contribution in [3.63, 3.8) is 0 Å². The fraction of sp³-hybridized carbons (Fsp3) is 0.562. The van der Waals surface area contributed by atoms with Gasteiger partial charge in [-0.1, -0.05) is 63.2 Å². The molecule has 1 atom stereocenters. The Labute approximate surface area is 213 Å². The van der Waals surface area contributed by atoms with E-state index in [4.69, 9.17) is 0 Å². The molecule has 0 aromatic heterocycles. The lowest BCUT2D eigenvalue weighted by Crippen LogP contribution is -2.44. The first-order valence-corrected chi connectivity index (χ1v) is 14.1. The van der Waals surface area contributed by atoms with Crippen LogP contribution in [0, 0.1) is 17.3 Å². The second-order valence-corrected chi connectivity index (χ2v) is 12.1. The van der Waals surface area contributed by atoms with E-state index in [0.717, 1.165) is 31.5 Å². The summed E-state index contributed by atoms with van der Waals surface area (Å²) < 4.78 is 0. The number of likely N-dealkylation sites (tertiary alicyclic amines) is 2. The van der Waals surface area contributed by atoms with Crippen LogP contribution in [0.25, 0.3) is 16.8 Å². The van der Waals surface area contributed by atoms with Crippen LogP contribution in [0.5, 0.6) is 0 Å². The molecule has 2 aromatic rings. The third-order valence-corrected chi connectivity index (χ3v) is 8.94. The summed E-state index contributed by atoms with van der Waals surface area (Å²) in [5.74, 6) is 1.56. The van der Waals surface area contributed by atoms with Gasteiger partial charge in [-0.2, -0.15) is 0 Å². The summed E-state index contributed by atoms with van der Waals surface area (Å²) in [6.45, 7) is 16.5. The summed E-state index contributed by atoms with van der Waals surface area (Å²) in [7, 11) is 0. The van der Waals surface area contributed by atoms with Gasteiger partial charge >= 0.3 is 0 Å². The van der Waals surface area contributed by atoms with E-state index in [9.17, 15) is 0 Å². The number of hydrogen-bond donors (Lipinski definition) is 1. The molecular weight excluding hydrogens is 426 g/mol. The number of hydrogen-bond acceptors (Lipinski definition) is 3. The fourth-order valence-corrected chi connectivity index (χ4v) is 6.34. The molecule has 3 heteroatoms. The van der Waals surface area contributed by atoms with E-state index in [1.165, 1.54) is 92.7 Å². The number of anilines is 1. The Balaban J connectivity index is 1.09. The standard InChI is InChI=1S/C32H45N3/c1-25-6-4-19-35(23-25)26(2)28-7-9-29(10-8-28)30-11-13-31(14-12-30)33-22-27-15-20-34(21-16-27)24-32(3)17-5-18-32/h7-14,25,27,33H,2,4-6,15-24H2,1,3H3. The fourth-order valence-electron chi connectivity index (χ4n) is 6.34. The highest BCUT2D eigenvalue weighted by Crippen LogP contribution is 2.41. The van der Waals surface area contributed by atoms with Crippen molar-refractivity contribution in [2.75, 3.05) is 44.6 Å². The first kappa shape index (κ1) is 24.4. The van der Waals surface area contributed by atoms with Gasteiger partial charge in [0.15, 0.2) is 0 Å². The molecule has 0 amide bonds. The van der Waals surface area contributed by atoms with E-state index in [1.54, 1.807) is 0 Å². The normalized spacial score (nSPS) is 23.0. The number of benzene rings is 2. The van der Waals surface area contributed by atoms with Crippen molar-refractivity contribution < 1.29 is 0 Å². The summed E-state index contributed by atoms with van der Waals surface area (Å²) in [4.78, 5) is 5.18. The molecule has 3 nitrogen and oxygen atoms in total. The zero-order valence-electron chi connectivity index (χ0n) is 22.1. The molecule has 1 unspecified atom stereocenters. The van der Waals surface area contributed by atoms with E-state index >= 15 is 0 Å². The van der Waals surface area contributed by atoms with Crippen molar-refractivity contribution in [3.05, 3.63) is 60.7 Å². The first-order valence-electron chi connectivity index (χ1n) is 14.1. The summed E-state index contributed by atoms with van der Waals surface area (Å²) in [5, 5.41) is 3.71. The highest BCUT2D eigenvalue weighted by atomic mass is 15.1. The van der Waals surface area contributed by atoms with Crippen molar-refractivity contribution in [2.45, 2.75) is 58.8 Å². The minimum Gasteiger partial charge on any atom is -0.385 e. The van der Waals surface area contributed by atoms with Crippen LogP contribution in [-0.4, -0.2) is 49.1 Å². The van der Waals surface area contributed by atoms with Crippen molar-refractivity contribution in [3.8, 4) is 11.1 Å².